The number of nitrogens with two attached hydrogens (primary N) is 1. The van der Waals surface area contributed by atoms with Crippen LogP contribution in [-0.4, -0.2) is 29.0 Å². The number of aliphatic hydroxyl groups excluding tert-OH is 2. The second kappa shape index (κ2) is 6.81. The Labute approximate surface area is 101 Å². The first-order valence-corrected chi connectivity index (χ1v) is 4.85. The fraction of sp³-hybridized carbons (Fsp3) is 0.455. The lowest BCUT2D eigenvalue weighted by atomic mass is 9.94. The monoisotopic (exact) mass is 249 g/mol. The minimum Gasteiger partial charge on any atom is -0.394 e. The normalized spacial score (nSPS) is 11.0. The molecule has 0 atom stereocenters. The average Bonchev–Trinajstić information content (AvgIpc) is 2.28. The summed E-state index contributed by atoms with van der Waals surface area (Å²) in [5, 5.41) is 17.9. The minimum absolute atomic E-state index is 0. The summed E-state index contributed by atoms with van der Waals surface area (Å²) >= 11 is 0. The van der Waals surface area contributed by atoms with E-state index in [1.807, 2.05) is 0 Å². The summed E-state index contributed by atoms with van der Waals surface area (Å²) in [7, 11) is 0. The Bertz CT molecular complexity index is 301. The van der Waals surface area contributed by atoms with Crippen molar-refractivity contribution in [3.63, 3.8) is 0 Å². The quantitative estimate of drug-likeness (QED) is 0.725. The van der Waals surface area contributed by atoms with E-state index in [-0.39, 0.29) is 31.4 Å². The van der Waals surface area contributed by atoms with Crippen molar-refractivity contribution in [1.82, 2.24) is 0 Å². The lowest BCUT2D eigenvalue weighted by Gasteiger charge is -2.24. The molecule has 0 aliphatic rings. The number of benzene rings is 1. The average molecular weight is 250 g/mol. The van der Waals surface area contributed by atoms with Gasteiger partial charge in [-0.1, -0.05) is 12.1 Å². The van der Waals surface area contributed by atoms with E-state index in [4.69, 9.17) is 15.9 Å². The van der Waals surface area contributed by atoms with Gasteiger partial charge in [0.15, 0.2) is 0 Å². The van der Waals surface area contributed by atoms with Crippen LogP contribution >= 0.6 is 12.4 Å². The smallest absolute Gasteiger partial charge is 0.123 e. The number of rotatable bonds is 5. The molecule has 0 heterocycles. The van der Waals surface area contributed by atoms with Gasteiger partial charge >= 0.3 is 0 Å². The van der Waals surface area contributed by atoms with Crippen molar-refractivity contribution in [3.8, 4) is 0 Å². The summed E-state index contributed by atoms with van der Waals surface area (Å²) in [6.07, 6.45) is 1.07. The first kappa shape index (κ1) is 15.3. The van der Waals surface area contributed by atoms with Crippen LogP contribution in [0.15, 0.2) is 24.3 Å². The fourth-order valence-corrected chi connectivity index (χ4v) is 1.25. The van der Waals surface area contributed by atoms with Crippen LogP contribution in [0.1, 0.15) is 12.0 Å². The highest BCUT2D eigenvalue weighted by Crippen LogP contribution is 2.12. The molecule has 3 nitrogen and oxygen atoms in total. The highest BCUT2D eigenvalue weighted by Gasteiger charge is 2.22. The van der Waals surface area contributed by atoms with Crippen molar-refractivity contribution in [2.24, 2.45) is 5.73 Å². The van der Waals surface area contributed by atoms with E-state index in [0.717, 1.165) is 5.56 Å². The second-order valence-corrected chi connectivity index (χ2v) is 3.81. The van der Waals surface area contributed by atoms with Crippen LogP contribution < -0.4 is 5.73 Å². The third-order valence-electron chi connectivity index (χ3n) is 2.45. The molecule has 0 bridgehead atoms. The van der Waals surface area contributed by atoms with Gasteiger partial charge in [-0.25, -0.2) is 4.39 Å². The third kappa shape index (κ3) is 4.45. The van der Waals surface area contributed by atoms with Crippen molar-refractivity contribution in [2.75, 3.05) is 13.2 Å². The largest absolute Gasteiger partial charge is 0.394 e. The standard InChI is InChI=1S/C11H16FNO2.ClH/c12-10-3-1-9(2-4-10)5-6-11(13,7-14)8-15;/h1-4,14-15H,5-8,13H2;1H. The van der Waals surface area contributed by atoms with E-state index in [9.17, 15) is 4.39 Å². The van der Waals surface area contributed by atoms with Crippen LogP contribution in [0, 0.1) is 5.82 Å². The zero-order valence-electron chi connectivity index (χ0n) is 8.90. The maximum absolute atomic E-state index is 12.6. The van der Waals surface area contributed by atoms with Crippen LogP contribution in [0.3, 0.4) is 0 Å². The molecule has 0 fully saturated rings. The van der Waals surface area contributed by atoms with Crippen molar-refractivity contribution in [1.29, 1.82) is 0 Å². The van der Waals surface area contributed by atoms with Crippen LogP contribution in [0.4, 0.5) is 4.39 Å². The molecule has 5 heteroatoms. The first-order chi connectivity index (χ1) is 7.09. The SMILES string of the molecule is Cl.NC(CO)(CO)CCc1ccc(F)cc1. The van der Waals surface area contributed by atoms with Gasteiger partial charge in [0.1, 0.15) is 5.82 Å². The van der Waals surface area contributed by atoms with E-state index in [1.54, 1.807) is 12.1 Å². The van der Waals surface area contributed by atoms with Gasteiger partial charge in [0.05, 0.1) is 18.8 Å². The lowest BCUT2D eigenvalue weighted by molar-refractivity contribution is 0.115. The summed E-state index contributed by atoms with van der Waals surface area (Å²) in [6.45, 7) is -0.518. The molecule has 1 aromatic rings. The third-order valence-corrected chi connectivity index (χ3v) is 2.45. The molecule has 0 aromatic heterocycles. The molecule has 92 valence electrons. The zero-order chi connectivity index (χ0) is 11.3. The van der Waals surface area contributed by atoms with Crippen molar-refractivity contribution < 1.29 is 14.6 Å². The molecule has 0 saturated heterocycles. The van der Waals surface area contributed by atoms with Gasteiger partial charge in [-0.05, 0) is 30.5 Å². The number of halogens is 2. The van der Waals surface area contributed by atoms with E-state index in [1.165, 1.54) is 12.1 Å². The van der Waals surface area contributed by atoms with E-state index in [0.29, 0.717) is 12.8 Å². The van der Waals surface area contributed by atoms with Crippen LogP contribution in [-0.2, 0) is 6.42 Å². The molecular weight excluding hydrogens is 233 g/mol. The van der Waals surface area contributed by atoms with E-state index in [2.05, 4.69) is 0 Å². The zero-order valence-corrected chi connectivity index (χ0v) is 9.71. The lowest BCUT2D eigenvalue weighted by Crippen LogP contribution is -2.47. The molecule has 0 amide bonds. The summed E-state index contributed by atoms with van der Waals surface area (Å²) in [6, 6.07) is 6.10. The number of aryl methyl sites for hydroxylation is 1. The summed E-state index contributed by atoms with van der Waals surface area (Å²) in [4.78, 5) is 0. The van der Waals surface area contributed by atoms with Gasteiger partial charge in [0.25, 0.3) is 0 Å². The summed E-state index contributed by atoms with van der Waals surface area (Å²) < 4.78 is 12.6. The van der Waals surface area contributed by atoms with Gasteiger partial charge in [0.2, 0.25) is 0 Å². The fourth-order valence-electron chi connectivity index (χ4n) is 1.25. The predicted molar refractivity (Wildman–Crippen MR) is 63.1 cm³/mol. The number of hydrogen-bond donors (Lipinski definition) is 3. The molecule has 0 aliphatic carbocycles. The predicted octanol–water partition coefficient (Wildman–Crippen LogP) is 0.862. The molecule has 0 radical (unpaired) electrons. The van der Waals surface area contributed by atoms with Crippen molar-refractivity contribution >= 4 is 12.4 Å². The van der Waals surface area contributed by atoms with Crippen molar-refractivity contribution in [2.45, 2.75) is 18.4 Å². The van der Waals surface area contributed by atoms with Gasteiger partial charge in [-0.15, -0.1) is 12.4 Å². The summed E-state index contributed by atoms with van der Waals surface area (Å²) in [5.41, 5.74) is 5.69. The number of hydrogen-bond acceptors (Lipinski definition) is 3. The van der Waals surface area contributed by atoms with E-state index < -0.39 is 5.54 Å². The maximum Gasteiger partial charge on any atom is 0.123 e. The Morgan fingerprint density at radius 3 is 2.06 bits per heavy atom. The Hall–Kier alpha value is -0.680. The molecule has 1 rings (SSSR count). The van der Waals surface area contributed by atoms with Gasteiger partial charge in [-0.2, -0.15) is 0 Å². The molecule has 1 aromatic carbocycles. The van der Waals surface area contributed by atoms with Crippen LogP contribution in [0.25, 0.3) is 0 Å². The topological polar surface area (TPSA) is 66.5 Å². The Morgan fingerprint density at radius 1 is 1.12 bits per heavy atom. The second-order valence-electron chi connectivity index (χ2n) is 3.81. The molecule has 4 N–H and O–H groups in total. The highest BCUT2D eigenvalue weighted by atomic mass is 35.5. The molecule has 0 unspecified atom stereocenters. The number of aliphatic hydroxyl groups is 2. The van der Waals surface area contributed by atoms with Crippen LogP contribution in [0.5, 0.6) is 0 Å². The Morgan fingerprint density at radius 2 is 1.62 bits per heavy atom. The molecule has 16 heavy (non-hydrogen) atoms. The Kier molecular flexibility index (Phi) is 6.52. The summed E-state index contributed by atoms with van der Waals surface area (Å²) in [5.74, 6) is -0.276. The van der Waals surface area contributed by atoms with Crippen LogP contribution in [0.2, 0.25) is 0 Å². The van der Waals surface area contributed by atoms with Gasteiger partial charge in [0, 0.05) is 0 Å². The maximum atomic E-state index is 12.6. The minimum atomic E-state index is -0.950. The molecule has 0 spiro atoms. The van der Waals surface area contributed by atoms with Gasteiger partial charge in [-0.3, -0.25) is 0 Å². The molecular formula is C11H17ClFNO2. The first-order valence-electron chi connectivity index (χ1n) is 4.85. The van der Waals surface area contributed by atoms with Crippen molar-refractivity contribution in [3.05, 3.63) is 35.6 Å². The Balaban J connectivity index is 0.00000225. The molecule has 0 saturated carbocycles. The van der Waals surface area contributed by atoms with Gasteiger partial charge < -0.3 is 15.9 Å². The van der Waals surface area contributed by atoms with E-state index >= 15 is 0 Å². The molecule has 0 aliphatic heterocycles. The highest BCUT2D eigenvalue weighted by molar-refractivity contribution is 5.85.